The minimum atomic E-state index is 0.113. The lowest BCUT2D eigenvalue weighted by Gasteiger charge is -2.47. The molecular formula is C23H34N2O2. The van der Waals surface area contributed by atoms with E-state index in [9.17, 15) is 4.79 Å². The van der Waals surface area contributed by atoms with E-state index in [1.54, 1.807) is 0 Å². The molecule has 1 aromatic rings. The zero-order valence-corrected chi connectivity index (χ0v) is 16.6. The first-order valence-corrected chi connectivity index (χ1v) is 11.1. The Labute approximate surface area is 163 Å². The topological polar surface area (TPSA) is 50.4 Å². The summed E-state index contributed by atoms with van der Waals surface area (Å²) in [7, 11) is 0. The predicted octanol–water partition coefficient (Wildman–Crippen LogP) is 5.66. The number of amides is 1. The maximum atomic E-state index is 12.1. The lowest BCUT2D eigenvalue weighted by atomic mass is 9.71. The van der Waals surface area contributed by atoms with E-state index in [2.05, 4.69) is 29.7 Å². The van der Waals surface area contributed by atoms with Gasteiger partial charge >= 0.3 is 0 Å². The van der Waals surface area contributed by atoms with Gasteiger partial charge in [0.15, 0.2) is 0 Å². The Hall–Kier alpha value is -1.55. The summed E-state index contributed by atoms with van der Waals surface area (Å²) < 4.78 is 6.30. The SMILES string of the molecule is CCCCC(=O)Nc1ccc2c(c1)C1OCCCC1[C@H](C1CCCCC1)N2. The number of ether oxygens (including phenoxy) is 1. The van der Waals surface area contributed by atoms with E-state index in [1.165, 1.54) is 49.8 Å². The minimum absolute atomic E-state index is 0.113. The number of carbonyl (C=O) groups excluding carboxylic acids is 1. The van der Waals surface area contributed by atoms with Crippen LogP contribution in [0, 0.1) is 11.8 Å². The second kappa shape index (κ2) is 8.64. The van der Waals surface area contributed by atoms with Crippen LogP contribution in [0.1, 0.15) is 82.8 Å². The highest BCUT2D eigenvalue weighted by atomic mass is 16.5. The molecule has 0 radical (unpaired) electrons. The molecule has 1 aromatic carbocycles. The van der Waals surface area contributed by atoms with Crippen LogP contribution in [-0.4, -0.2) is 18.6 Å². The molecule has 3 aliphatic rings. The molecule has 4 heteroatoms. The Morgan fingerprint density at radius 1 is 1.19 bits per heavy atom. The van der Waals surface area contributed by atoms with Crippen molar-refractivity contribution in [2.75, 3.05) is 17.2 Å². The fraction of sp³-hybridized carbons (Fsp3) is 0.696. The molecule has 0 bridgehead atoms. The fourth-order valence-electron chi connectivity index (χ4n) is 5.31. The van der Waals surface area contributed by atoms with Crippen LogP contribution in [0.2, 0.25) is 0 Å². The van der Waals surface area contributed by atoms with E-state index < -0.39 is 0 Å². The van der Waals surface area contributed by atoms with Crippen molar-refractivity contribution in [3.05, 3.63) is 23.8 Å². The highest BCUT2D eigenvalue weighted by Gasteiger charge is 2.42. The second-order valence-corrected chi connectivity index (χ2v) is 8.62. The van der Waals surface area contributed by atoms with Crippen molar-refractivity contribution in [1.29, 1.82) is 0 Å². The summed E-state index contributed by atoms with van der Waals surface area (Å²) in [5, 5.41) is 6.96. The normalized spacial score (nSPS) is 28.0. The lowest BCUT2D eigenvalue weighted by Crippen LogP contribution is -2.46. The van der Waals surface area contributed by atoms with Crippen molar-refractivity contribution in [2.24, 2.45) is 11.8 Å². The summed E-state index contributed by atoms with van der Waals surface area (Å²) >= 11 is 0. The molecule has 2 aliphatic heterocycles. The number of carbonyl (C=O) groups is 1. The summed E-state index contributed by atoms with van der Waals surface area (Å²) in [6, 6.07) is 6.87. The van der Waals surface area contributed by atoms with Crippen LogP contribution in [0.25, 0.3) is 0 Å². The third-order valence-electron chi connectivity index (χ3n) is 6.71. The molecule has 1 aliphatic carbocycles. The van der Waals surface area contributed by atoms with Crippen molar-refractivity contribution in [3.8, 4) is 0 Å². The summed E-state index contributed by atoms with van der Waals surface area (Å²) in [6.45, 7) is 2.96. The molecule has 2 fully saturated rings. The molecule has 4 nitrogen and oxygen atoms in total. The first-order valence-electron chi connectivity index (χ1n) is 11.1. The van der Waals surface area contributed by atoms with Crippen LogP contribution >= 0.6 is 0 Å². The van der Waals surface area contributed by atoms with Crippen LogP contribution in [0.15, 0.2) is 18.2 Å². The monoisotopic (exact) mass is 370 g/mol. The number of anilines is 2. The molecule has 2 heterocycles. The first-order chi connectivity index (χ1) is 13.3. The van der Waals surface area contributed by atoms with Gasteiger partial charge in [-0.1, -0.05) is 32.6 Å². The largest absolute Gasteiger partial charge is 0.381 e. The maximum Gasteiger partial charge on any atom is 0.224 e. The average Bonchev–Trinajstić information content (AvgIpc) is 2.72. The highest BCUT2D eigenvalue weighted by molar-refractivity contribution is 5.91. The van der Waals surface area contributed by atoms with Crippen molar-refractivity contribution in [3.63, 3.8) is 0 Å². The number of rotatable bonds is 5. The van der Waals surface area contributed by atoms with Gasteiger partial charge < -0.3 is 15.4 Å². The van der Waals surface area contributed by atoms with E-state index in [0.717, 1.165) is 37.5 Å². The molecule has 2 unspecified atom stereocenters. The zero-order valence-electron chi connectivity index (χ0n) is 16.6. The number of benzene rings is 1. The quantitative estimate of drug-likeness (QED) is 0.703. The molecule has 0 spiro atoms. The third kappa shape index (κ3) is 4.16. The Balaban J connectivity index is 1.55. The number of fused-ring (bicyclic) bond motifs is 3. The summed E-state index contributed by atoms with van der Waals surface area (Å²) in [6.07, 6.45) is 12.0. The van der Waals surface area contributed by atoms with E-state index in [0.29, 0.717) is 18.4 Å². The van der Waals surface area contributed by atoms with Crippen LogP contribution < -0.4 is 10.6 Å². The van der Waals surface area contributed by atoms with E-state index >= 15 is 0 Å². The molecule has 1 saturated heterocycles. The van der Waals surface area contributed by atoms with E-state index in [1.807, 2.05) is 6.07 Å². The Morgan fingerprint density at radius 3 is 2.85 bits per heavy atom. The van der Waals surface area contributed by atoms with Gasteiger partial charge in [-0.2, -0.15) is 0 Å². The average molecular weight is 371 g/mol. The van der Waals surface area contributed by atoms with Crippen LogP contribution in [0.5, 0.6) is 0 Å². The predicted molar refractivity (Wildman–Crippen MR) is 110 cm³/mol. The van der Waals surface area contributed by atoms with Gasteiger partial charge in [0.05, 0.1) is 6.10 Å². The van der Waals surface area contributed by atoms with Crippen molar-refractivity contribution in [1.82, 2.24) is 0 Å². The molecule has 4 rings (SSSR count). The Kier molecular flexibility index (Phi) is 6.01. The van der Waals surface area contributed by atoms with Gasteiger partial charge in [0, 0.05) is 41.9 Å². The molecule has 2 N–H and O–H groups in total. The van der Waals surface area contributed by atoms with E-state index in [4.69, 9.17) is 4.74 Å². The van der Waals surface area contributed by atoms with Crippen LogP contribution in [0.4, 0.5) is 11.4 Å². The number of hydrogen-bond donors (Lipinski definition) is 2. The van der Waals surface area contributed by atoms with Gasteiger partial charge in [0.1, 0.15) is 0 Å². The van der Waals surface area contributed by atoms with Gasteiger partial charge in [-0.3, -0.25) is 4.79 Å². The Bertz CT molecular complexity index is 654. The van der Waals surface area contributed by atoms with Gasteiger partial charge in [-0.25, -0.2) is 0 Å². The molecular weight excluding hydrogens is 336 g/mol. The smallest absolute Gasteiger partial charge is 0.224 e. The number of unbranched alkanes of at least 4 members (excludes halogenated alkanes) is 1. The third-order valence-corrected chi connectivity index (χ3v) is 6.71. The maximum absolute atomic E-state index is 12.1. The summed E-state index contributed by atoms with van der Waals surface area (Å²) in [5.41, 5.74) is 3.35. The molecule has 148 valence electrons. The van der Waals surface area contributed by atoms with Gasteiger partial charge in [-0.15, -0.1) is 0 Å². The summed E-state index contributed by atoms with van der Waals surface area (Å²) in [4.78, 5) is 12.1. The minimum Gasteiger partial charge on any atom is -0.381 e. The molecule has 0 aromatic heterocycles. The van der Waals surface area contributed by atoms with Gasteiger partial charge in [-0.05, 0) is 56.2 Å². The first kappa shape index (κ1) is 18.8. The Morgan fingerprint density at radius 2 is 2.04 bits per heavy atom. The molecule has 1 saturated carbocycles. The van der Waals surface area contributed by atoms with Crippen LogP contribution in [-0.2, 0) is 9.53 Å². The zero-order chi connectivity index (χ0) is 18.6. The van der Waals surface area contributed by atoms with Crippen molar-refractivity contribution in [2.45, 2.75) is 83.3 Å². The van der Waals surface area contributed by atoms with Crippen molar-refractivity contribution >= 4 is 17.3 Å². The fourth-order valence-corrected chi connectivity index (χ4v) is 5.31. The van der Waals surface area contributed by atoms with Crippen LogP contribution in [0.3, 0.4) is 0 Å². The highest BCUT2D eigenvalue weighted by Crippen LogP contribution is 2.48. The standard InChI is InChI=1S/C23H34N2O2/c1-2-3-11-21(26)24-17-12-13-20-19(15-17)23-18(10-7-14-27-23)22(25-20)16-8-5-4-6-9-16/h12-13,15-16,18,22-23,25H,2-11,14H2,1H3,(H,24,26)/t18?,22-,23?/m0/s1. The van der Waals surface area contributed by atoms with Crippen molar-refractivity contribution < 1.29 is 9.53 Å². The second-order valence-electron chi connectivity index (χ2n) is 8.62. The van der Waals surface area contributed by atoms with Gasteiger partial charge in [0.2, 0.25) is 5.91 Å². The molecule has 27 heavy (non-hydrogen) atoms. The molecule has 3 atom stereocenters. The lowest BCUT2D eigenvalue weighted by molar-refractivity contribution is -0.116. The number of hydrogen-bond acceptors (Lipinski definition) is 3. The molecule has 1 amide bonds. The van der Waals surface area contributed by atoms with E-state index in [-0.39, 0.29) is 12.0 Å². The summed E-state index contributed by atoms with van der Waals surface area (Å²) in [5.74, 6) is 1.44. The van der Waals surface area contributed by atoms with Gasteiger partial charge in [0.25, 0.3) is 0 Å². The number of nitrogens with one attached hydrogen (secondary N) is 2.